The van der Waals surface area contributed by atoms with E-state index in [0.717, 1.165) is 51.6 Å². The molecule has 16 heteroatoms. The van der Waals surface area contributed by atoms with Gasteiger partial charge in [-0.3, -0.25) is 9.69 Å². The molecule has 0 radical (unpaired) electrons. The van der Waals surface area contributed by atoms with E-state index in [1.165, 1.54) is 0 Å². The fourth-order valence-corrected chi connectivity index (χ4v) is 10.2. The topological polar surface area (TPSA) is 122 Å². The molecule has 4 bridgehead atoms. The number of aromatic nitrogens is 3. The molecule has 11 nitrogen and oxygen atoms in total. The number of piperazine rings is 1. The van der Waals surface area contributed by atoms with Crippen LogP contribution in [0.15, 0.2) is 6.07 Å². The molecule has 1 amide bonds. The summed E-state index contributed by atoms with van der Waals surface area (Å²) in [7, 11) is 3.55. The Labute approximate surface area is 290 Å². The fraction of sp³-hybridized carbons (Fsp3) is 0.600. The summed E-state index contributed by atoms with van der Waals surface area (Å²) in [5.41, 5.74) is 0.850. The molecule has 8 atom stereocenters. The molecular weight excluding hydrogens is 675 g/mol. The normalized spacial score (nSPS) is 31.9. The maximum Gasteiger partial charge on any atom is 0.417 e. The molecule has 3 N–H and O–H groups in total. The van der Waals surface area contributed by atoms with Crippen LogP contribution < -0.4 is 25.4 Å². The third kappa shape index (κ3) is 4.60. The number of rotatable bonds is 5. The lowest BCUT2D eigenvalue weighted by Gasteiger charge is -2.45. The summed E-state index contributed by atoms with van der Waals surface area (Å²) in [4.78, 5) is 32.5. The number of halogens is 5. The van der Waals surface area contributed by atoms with E-state index in [1.807, 2.05) is 6.92 Å². The highest BCUT2D eigenvalue weighted by molar-refractivity contribution is 5.98. The van der Waals surface area contributed by atoms with Crippen LogP contribution >= 0.6 is 0 Å². The number of pyridine rings is 1. The van der Waals surface area contributed by atoms with Crippen LogP contribution in [0.3, 0.4) is 0 Å². The number of amides is 1. The number of alkyl halides is 3. The number of fused-ring (bicyclic) bond motifs is 1. The molecule has 272 valence electrons. The first-order valence-electron chi connectivity index (χ1n) is 17.6. The molecule has 1 aliphatic carbocycles. The minimum Gasteiger partial charge on any atom is -0.471 e. The van der Waals surface area contributed by atoms with Crippen LogP contribution in [0, 0.1) is 30.4 Å². The Bertz CT molecular complexity index is 1980. The predicted molar refractivity (Wildman–Crippen MR) is 176 cm³/mol. The maximum atomic E-state index is 16.9. The second kappa shape index (κ2) is 11.0. The zero-order chi connectivity index (χ0) is 35.9. The van der Waals surface area contributed by atoms with Crippen LogP contribution in [-0.2, 0) is 11.0 Å². The second-order valence-corrected chi connectivity index (χ2v) is 15.3. The van der Waals surface area contributed by atoms with Crippen molar-refractivity contribution in [1.29, 1.82) is 0 Å². The van der Waals surface area contributed by atoms with E-state index in [2.05, 4.69) is 25.1 Å². The third-order valence-corrected chi connectivity index (χ3v) is 12.4. The molecule has 51 heavy (non-hydrogen) atoms. The zero-order valence-corrected chi connectivity index (χ0v) is 28.7. The molecule has 1 aromatic carbocycles. The summed E-state index contributed by atoms with van der Waals surface area (Å²) in [6.07, 6.45) is -1.35. The quantitative estimate of drug-likeness (QED) is 0.293. The molecular formula is C35H39F5N8O3. The molecule has 1 saturated carbocycles. The van der Waals surface area contributed by atoms with Crippen molar-refractivity contribution >= 4 is 28.3 Å². The van der Waals surface area contributed by atoms with Crippen molar-refractivity contribution in [3.05, 3.63) is 28.8 Å². The van der Waals surface area contributed by atoms with Crippen LogP contribution in [0.5, 0.6) is 11.9 Å². The Morgan fingerprint density at radius 1 is 1.16 bits per heavy atom. The van der Waals surface area contributed by atoms with E-state index in [1.54, 1.807) is 19.0 Å². The van der Waals surface area contributed by atoms with E-state index in [4.69, 9.17) is 20.2 Å². The number of piperidine rings is 3. The summed E-state index contributed by atoms with van der Waals surface area (Å²) in [5.74, 6) is -1.78. The van der Waals surface area contributed by atoms with Gasteiger partial charge in [0.2, 0.25) is 11.8 Å². The largest absolute Gasteiger partial charge is 0.471 e. The maximum absolute atomic E-state index is 16.9. The molecule has 2 unspecified atom stereocenters. The molecule has 6 aliphatic heterocycles. The van der Waals surface area contributed by atoms with E-state index in [0.29, 0.717) is 12.4 Å². The molecule has 2 aromatic heterocycles. The predicted octanol–water partition coefficient (Wildman–Crippen LogP) is 4.29. The Morgan fingerprint density at radius 2 is 1.94 bits per heavy atom. The van der Waals surface area contributed by atoms with Gasteiger partial charge in [0, 0.05) is 62.2 Å². The molecule has 7 aliphatic rings. The fourth-order valence-electron chi connectivity index (χ4n) is 10.2. The number of nitrogens with zero attached hydrogens (tertiary/aromatic N) is 6. The van der Waals surface area contributed by atoms with Gasteiger partial charge in [-0.05, 0) is 64.1 Å². The van der Waals surface area contributed by atoms with E-state index in [-0.39, 0.29) is 71.3 Å². The van der Waals surface area contributed by atoms with Crippen molar-refractivity contribution in [2.24, 2.45) is 11.8 Å². The number of hydrogen-bond donors (Lipinski definition) is 2. The van der Waals surface area contributed by atoms with Crippen LogP contribution in [0.4, 0.5) is 33.5 Å². The Hall–Kier alpha value is -4.05. The van der Waals surface area contributed by atoms with Gasteiger partial charge in [0.15, 0.2) is 5.82 Å². The van der Waals surface area contributed by atoms with Gasteiger partial charge in [0.05, 0.1) is 16.8 Å². The molecule has 1 spiro atoms. The number of anilines is 2. The minimum atomic E-state index is -5.05. The van der Waals surface area contributed by atoms with E-state index in [9.17, 15) is 22.4 Å². The number of carbonyl (C=O) groups excluding carboxylic acids is 1. The van der Waals surface area contributed by atoms with Gasteiger partial charge in [0.1, 0.15) is 40.9 Å². The Balaban J connectivity index is 1.14. The van der Waals surface area contributed by atoms with E-state index >= 15 is 4.39 Å². The van der Waals surface area contributed by atoms with E-state index < -0.39 is 57.5 Å². The zero-order valence-electron chi connectivity index (χ0n) is 28.7. The summed E-state index contributed by atoms with van der Waals surface area (Å²) in [5, 5.41) is 3.80. The molecule has 8 heterocycles. The van der Waals surface area contributed by atoms with Crippen molar-refractivity contribution in [2.75, 3.05) is 44.4 Å². The average Bonchev–Trinajstić information content (AvgIpc) is 3.36. The highest BCUT2D eigenvalue weighted by atomic mass is 19.4. The van der Waals surface area contributed by atoms with Crippen molar-refractivity contribution in [2.45, 2.75) is 87.9 Å². The number of nitrogens with two attached hydrogens (primary N) is 1. The summed E-state index contributed by atoms with van der Waals surface area (Å²) in [6.45, 7) is 4.35. The van der Waals surface area contributed by atoms with Crippen molar-refractivity contribution < 1.29 is 36.2 Å². The van der Waals surface area contributed by atoms with Gasteiger partial charge in [0.25, 0.3) is 0 Å². The average molecular weight is 715 g/mol. The lowest BCUT2D eigenvalue weighted by Crippen LogP contribution is -2.63. The molecule has 6 fully saturated rings. The van der Waals surface area contributed by atoms with Crippen molar-refractivity contribution in [1.82, 2.24) is 30.1 Å². The first-order valence-corrected chi connectivity index (χ1v) is 17.6. The number of carbonyl (C=O) groups is 1. The van der Waals surface area contributed by atoms with Gasteiger partial charge in [-0.2, -0.15) is 23.1 Å². The lowest BCUT2D eigenvalue weighted by molar-refractivity contribution is -0.137. The first kappa shape index (κ1) is 32.8. The van der Waals surface area contributed by atoms with Crippen LogP contribution in [0.25, 0.3) is 22.2 Å². The lowest BCUT2D eigenvalue weighted by atomic mass is 9.90. The monoisotopic (exact) mass is 714 g/mol. The van der Waals surface area contributed by atoms with Crippen molar-refractivity contribution in [3.63, 3.8) is 0 Å². The second-order valence-electron chi connectivity index (χ2n) is 15.3. The van der Waals surface area contributed by atoms with Crippen LogP contribution in [0.2, 0.25) is 0 Å². The SMILES string of the molecule is Cc1c(F)c(N)cc(-c2nc3c4c(nc(OC[C@@H]5CC[C@@H]6C[C@H](C(=O)N(C)C)CCN65)nc4c2F)N2C[C@H]4CC5[C@H](N4)C52[C@H](C)O3)c1C(F)(F)F. The number of ether oxygens (including phenoxy) is 2. The molecule has 3 aromatic rings. The number of hydrogen-bond acceptors (Lipinski definition) is 10. The summed E-state index contributed by atoms with van der Waals surface area (Å²) >= 11 is 0. The highest BCUT2D eigenvalue weighted by Gasteiger charge is 2.78. The molecule has 5 saturated heterocycles. The summed E-state index contributed by atoms with van der Waals surface area (Å²) < 4.78 is 87.9. The van der Waals surface area contributed by atoms with Gasteiger partial charge in [-0.1, -0.05) is 0 Å². The van der Waals surface area contributed by atoms with Crippen LogP contribution in [-0.4, -0.2) is 100 Å². The minimum absolute atomic E-state index is 0.0195. The first-order chi connectivity index (χ1) is 24.2. The Morgan fingerprint density at radius 3 is 2.65 bits per heavy atom. The number of nitrogens with one attached hydrogen (secondary N) is 1. The highest BCUT2D eigenvalue weighted by Crippen LogP contribution is 2.64. The Kier molecular flexibility index (Phi) is 7.07. The van der Waals surface area contributed by atoms with Gasteiger partial charge < -0.3 is 30.3 Å². The number of nitrogen functional groups attached to an aromatic ring is 1. The number of benzene rings is 1. The third-order valence-electron chi connectivity index (χ3n) is 12.4. The van der Waals surface area contributed by atoms with Crippen molar-refractivity contribution in [3.8, 4) is 23.1 Å². The smallest absolute Gasteiger partial charge is 0.417 e. The summed E-state index contributed by atoms with van der Waals surface area (Å²) in [6, 6.07) is 1.18. The van der Waals surface area contributed by atoms with Gasteiger partial charge in [-0.15, -0.1) is 0 Å². The van der Waals surface area contributed by atoms with Gasteiger partial charge >= 0.3 is 12.2 Å². The standard InChI is InChI=1S/C35H39F5N8O3/c1-14-24(35(38,39)40)20(11-22(41)25(14)36)27-26(37)28-23-30(48-12-17-10-21-29(42-17)34(21,48)15(2)51-31(23)43-27)45-33(44-28)50-13-19-6-5-18-9-16(7-8-47(18)19)32(49)46(3)4/h11,15-19,21,29,42H,5-10,12-13,41H2,1-4H3/t15-,16+,17+,18+,19-,21?,29-,34?/m0/s1. The molecule has 10 rings (SSSR count). The van der Waals surface area contributed by atoms with Gasteiger partial charge in [-0.25, -0.2) is 13.8 Å². The van der Waals surface area contributed by atoms with Crippen LogP contribution in [0.1, 0.15) is 50.2 Å².